The standard InChI is InChI=1S/C15H22FN3O2/c1-9-7-19(8-10(2)21-9)11(3)15(20)18-12-4-5-13(16)14(17)6-12/h4-6,9-11H,7-8,17H2,1-3H3,(H,18,20). The van der Waals surface area contributed by atoms with Gasteiger partial charge in [-0.15, -0.1) is 0 Å². The first kappa shape index (κ1) is 15.7. The van der Waals surface area contributed by atoms with Crippen molar-refractivity contribution in [3.8, 4) is 0 Å². The van der Waals surface area contributed by atoms with E-state index >= 15 is 0 Å². The maximum Gasteiger partial charge on any atom is 0.241 e. The van der Waals surface area contributed by atoms with Crippen molar-refractivity contribution in [2.45, 2.75) is 39.0 Å². The van der Waals surface area contributed by atoms with E-state index in [4.69, 9.17) is 10.5 Å². The molecule has 2 rings (SSSR count). The monoisotopic (exact) mass is 295 g/mol. The molecule has 116 valence electrons. The summed E-state index contributed by atoms with van der Waals surface area (Å²) in [6, 6.07) is 3.88. The van der Waals surface area contributed by atoms with Crippen LogP contribution in [-0.2, 0) is 9.53 Å². The molecule has 5 nitrogen and oxygen atoms in total. The fourth-order valence-electron chi connectivity index (χ4n) is 2.57. The van der Waals surface area contributed by atoms with Gasteiger partial charge in [0.2, 0.25) is 5.91 Å². The van der Waals surface area contributed by atoms with Crippen molar-refractivity contribution in [1.82, 2.24) is 4.90 Å². The van der Waals surface area contributed by atoms with Gasteiger partial charge < -0.3 is 15.8 Å². The summed E-state index contributed by atoms with van der Waals surface area (Å²) >= 11 is 0. The third kappa shape index (κ3) is 3.92. The summed E-state index contributed by atoms with van der Waals surface area (Å²) in [6.45, 7) is 7.27. The molecular formula is C15H22FN3O2. The zero-order chi connectivity index (χ0) is 15.6. The lowest BCUT2D eigenvalue weighted by molar-refractivity contribution is -0.126. The predicted octanol–water partition coefficient (Wildman–Crippen LogP) is 1.84. The molecule has 0 radical (unpaired) electrons. The Kier molecular flexibility index (Phi) is 4.80. The van der Waals surface area contributed by atoms with Crippen LogP contribution < -0.4 is 11.1 Å². The number of morpholine rings is 1. The van der Waals surface area contributed by atoms with E-state index in [0.717, 1.165) is 0 Å². The second kappa shape index (κ2) is 6.41. The van der Waals surface area contributed by atoms with Crippen LogP contribution in [0.1, 0.15) is 20.8 Å². The van der Waals surface area contributed by atoms with Gasteiger partial charge >= 0.3 is 0 Å². The van der Waals surface area contributed by atoms with Crippen molar-refractivity contribution in [2.24, 2.45) is 0 Å². The van der Waals surface area contributed by atoms with Gasteiger partial charge in [-0.05, 0) is 39.0 Å². The lowest BCUT2D eigenvalue weighted by Crippen LogP contribution is -2.52. The van der Waals surface area contributed by atoms with Gasteiger partial charge in [-0.3, -0.25) is 9.69 Å². The molecule has 0 aliphatic carbocycles. The zero-order valence-corrected chi connectivity index (χ0v) is 12.6. The summed E-state index contributed by atoms with van der Waals surface area (Å²) in [6.07, 6.45) is 0.205. The molecule has 1 heterocycles. The Labute approximate surface area is 124 Å². The first-order chi connectivity index (χ1) is 9.86. The number of halogens is 1. The molecule has 1 aromatic carbocycles. The highest BCUT2D eigenvalue weighted by Crippen LogP contribution is 2.18. The van der Waals surface area contributed by atoms with Crippen LogP contribution in [0, 0.1) is 5.82 Å². The van der Waals surface area contributed by atoms with Crippen molar-refractivity contribution in [2.75, 3.05) is 24.1 Å². The van der Waals surface area contributed by atoms with Gasteiger partial charge in [0.1, 0.15) is 5.82 Å². The minimum Gasteiger partial charge on any atom is -0.396 e. The molecule has 6 heteroatoms. The van der Waals surface area contributed by atoms with Crippen LogP contribution in [0.5, 0.6) is 0 Å². The highest BCUT2D eigenvalue weighted by Gasteiger charge is 2.29. The van der Waals surface area contributed by atoms with Crippen molar-refractivity contribution in [3.05, 3.63) is 24.0 Å². The number of anilines is 2. The van der Waals surface area contributed by atoms with E-state index in [1.807, 2.05) is 20.8 Å². The Morgan fingerprint density at radius 1 is 1.43 bits per heavy atom. The first-order valence-electron chi connectivity index (χ1n) is 7.12. The highest BCUT2D eigenvalue weighted by molar-refractivity contribution is 5.94. The molecule has 1 saturated heterocycles. The minimum atomic E-state index is -0.489. The van der Waals surface area contributed by atoms with E-state index in [0.29, 0.717) is 18.8 Å². The number of carbonyl (C=O) groups excluding carboxylic acids is 1. The molecule has 0 aromatic heterocycles. The Morgan fingerprint density at radius 3 is 2.62 bits per heavy atom. The molecule has 3 atom stereocenters. The number of rotatable bonds is 3. The van der Waals surface area contributed by atoms with Gasteiger partial charge in [0.15, 0.2) is 0 Å². The van der Waals surface area contributed by atoms with Crippen LogP contribution in [-0.4, -0.2) is 42.1 Å². The second-order valence-electron chi connectivity index (χ2n) is 5.61. The molecule has 0 spiro atoms. The van der Waals surface area contributed by atoms with Crippen molar-refractivity contribution >= 4 is 17.3 Å². The molecule has 1 amide bonds. The van der Waals surface area contributed by atoms with E-state index in [1.54, 1.807) is 0 Å². The number of amides is 1. The maximum absolute atomic E-state index is 13.1. The van der Waals surface area contributed by atoms with Crippen LogP contribution in [0.15, 0.2) is 18.2 Å². The molecule has 1 fully saturated rings. The van der Waals surface area contributed by atoms with E-state index in [2.05, 4.69) is 10.2 Å². The summed E-state index contributed by atoms with van der Waals surface area (Å²) in [5.41, 5.74) is 6.02. The number of nitrogen functional groups attached to an aromatic ring is 1. The first-order valence-corrected chi connectivity index (χ1v) is 7.12. The van der Waals surface area contributed by atoms with Crippen molar-refractivity contribution < 1.29 is 13.9 Å². The minimum absolute atomic E-state index is 0.0223. The molecule has 1 aromatic rings. The van der Waals surface area contributed by atoms with E-state index in [-0.39, 0.29) is 29.8 Å². The number of ether oxygens (including phenoxy) is 1. The number of nitrogens with one attached hydrogen (secondary N) is 1. The smallest absolute Gasteiger partial charge is 0.241 e. The predicted molar refractivity (Wildman–Crippen MR) is 80.5 cm³/mol. The number of hydrogen-bond donors (Lipinski definition) is 2. The summed E-state index contributed by atoms with van der Waals surface area (Å²) < 4.78 is 18.8. The van der Waals surface area contributed by atoms with Crippen molar-refractivity contribution in [3.63, 3.8) is 0 Å². The number of carbonyl (C=O) groups is 1. The summed E-state index contributed by atoms with van der Waals surface area (Å²) in [5.74, 6) is -0.626. The van der Waals surface area contributed by atoms with Crippen LogP contribution in [0.2, 0.25) is 0 Å². The quantitative estimate of drug-likeness (QED) is 0.835. The summed E-state index contributed by atoms with van der Waals surface area (Å²) in [4.78, 5) is 14.4. The molecule has 3 N–H and O–H groups in total. The Morgan fingerprint density at radius 2 is 2.05 bits per heavy atom. The van der Waals surface area contributed by atoms with Gasteiger partial charge in [0.25, 0.3) is 0 Å². The molecule has 21 heavy (non-hydrogen) atoms. The van der Waals surface area contributed by atoms with Crippen LogP contribution in [0.4, 0.5) is 15.8 Å². The van der Waals surface area contributed by atoms with Crippen LogP contribution >= 0.6 is 0 Å². The number of hydrogen-bond acceptors (Lipinski definition) is 4. The third-order valence-corrected chi connectivity index (χ3v) is 3.64. The number of benzene rings is 1. The fourth-order valence-corrected chi connectivity index (χ4v) is 2.57. The third-order valence-electron chi connectivity index (χ3n) is 3.64. The topological polar surface area (TPSA) is 67.6 Å². The van der Waals surface area contributed by atoms with Gasteiger partial charge in [-0.2, -0.15) is 0 Å². The zero-order valence-electron chi connectivity index (χ0n) is 12.6. The molecule has 1 aliphatic heterocycles. The molecule has 0 saturated carbocycles. The van der Waals surface area contributed by atoms with E-state index in [1.165, 1.54) is 18.2 Å². The second-order valence-corrected chi connectivity index (χ2v) is 5.61. The normalized spacial score (nSPS) is 24.6. The number of nitrogens with two attached hydrogens (primary N) is 1. The van der Waals surface area contributed by atoms with Crippen LogP contribution in [0.3, 0.4) is 0 Å². The summed E-state index contributed by atoms with van der Waals surface area (Å²) in [5, 5.41) is 2.77. The van der Waals surface area contributed by atoms with Crippen LogP contribution in [0.25, 0.3) is 0 Å². The lowest BCUT2D eigenvalue weighted by Gasteiger charge is -2.38. The number of nitrogens with zero attached hydrogens (tertiary/aromatic N) is 1. The molecule has 0 bridgehead atoms. The van der Waals surface area contributed by atoms with Crippen molar-refractivity contribution in [1.29, 1.82) is 0 Å². The van der Waals surface area contributed by atoms with E-state index < -0.39 is 5.82 Å². The summed E-state index contributed by atoms with van der Waals surface area (Å²) in [7, 11) is 0. The fraction of sp³-hybridized carbons (Fsp3) is 0.533. The van der Waals surface area contributed by atoms with E-state index in [9.17, 15) is 9.18 Å². The Hall–Kier alpha value is -1.66. The van der Waals surface area contributed by atoms with Gasteiger partial charge in [-0.25, -0.2) is 4.39 Å². The largest absolute Gasteiger partial charge is 0.396 e. The molecule has 3 unspecified atom stereocenters. The average Bonchev–Trinajstić information content (AvgIpc) is 2.41. The van der Waals surface area contributed by atoms with Gasteiger partial charge in [-0.1, -0.05) is 0 Å². The average molecular weight is 295 g/mol. The highest BCUT2D eigenvalue weighted by atomic mass is 19.1. The maximum atomic E-state index is 13.1. The Balaban J connectivity index is 2.00. The molecule has 1 aliphatic rings. The lowest BCUT2D eigenvalue weighted by atomic mass is 10.1. The Bertz CT molecular complexity index is 514. The van der Waals surface area contributed by atoms with Gasteiger partial charge in [0, 0.05) is 18.8 Å². The van der Waals surface area contributed by atoms with Gasteiger partial charge in [0.05, 0.1) is 23.9 Å². The SMILES string of the molecule is CC1CN(C(C)C(=O)Nc2ccc(F)c(N)c2)CC(C)O1. The molecular weight excluding hydrogens is 273 g/mol.